The summed E-state index contributed by atoms with van der Waals surface area (Å²) in [6.07, 6.45) is 2.02. The summed E-state index contributed by atoms with van der Waals surface area (Å²) < 4.78 is 17.6. The topological polar surface area (TPSA) is 124 Å². The summed E-state index contributed by atoms with van der Waals surface area (Å²) in [5.41, 5.74) is 8.23. The molecule has 1 aliphatic rings. The molecule has 1 N–H and O–H groups in total. The van der Waals surface area contributed by atoms with Gasteiger partial charge in [0.1, 0.15) is 17.0 Å². The van der Waals surface area contributed by atoms with Crippen LogP contribution in [0.4, 0.5) is 16.2 Å². The maximum atomic E-state index is 15.5. The lowest BCUT2D eigenvalue weighted by Gasteiger charge is -2.35. The van der Waals surface area contributed by atoms with Gasteiger partial charge in [0.25, 0.3) is 5.91 Å². The van der Waals surface area contributed by atoms with Crippen LogP contribution in [0.15, 0.2) is 42.6 Å². The molecule has 0 fully saturated rings. The van der Waals surface area contributed by atoms with E-state index in [-0.39, 0.29) is 24.1 Å². The van der Waals surface area contributed by atoms with Crippen molar-refractivity contribution < 1.29 is 29.0 Å². The van der Waals surface area contributed by atoms with Crippen LogP contribution in [0.3, 0.4) is 0 Å². The zero-order chi connectivity index (χ0) is 43.0. The van der Waals surface area contributed by atoms with Gasteiger partial charge < -0.3 is 28.6 Å². The number of aryl methyl sites for hydroxylation is 6. The quantitative estimate of drug-likeness (QED) is 0.144. The molecule has 0 saturated heterocycles. The molecule has 3 aromatic heterocycles. The summed E-state index contributed by atoms with van der Waals surface area (Å²) >= 11 is 13.6. The van der Waals surface area contributed by atoms with Crippen molar-refractivity contribution in [1.29, 1.82) is 0 Å². The van der Waals surface area contributed by atoms with Crippen LogP contribution in [0.1, 0.15) is 89.1 Å². The van der Waals surface area contributed by atoms with Crippen molar-refractivity contribution in [2.45, 2.75) is 79.9 Å². The predicted molar refractivity (Wildman–Crippen MR) is 234 cm³/mol. The van der Waals surface area contributed by atoms with Crippen LogP contribution < -0.4 is 14.5 Å². The maximum absolute atomic E-state index is 15.5. The number of amides is 2. The van der Waals surface area contributed by atoms with E-state index in [4.69, 9.17) is 37.8 Å². The highest BCUT2D eigenvalue weighted by Gasteiger charge is 2.38. The fourth-order valence-electron chi connectivity index (χ4n) is 8.45. The second kappa shape index (κ2) is 15.3. The number of aromatic carboxylic acids is 1. The highest BCUT2D eigenvalue weighted by atomic mass is 35.5. The minimum Gasteiger partial charge on any atom is -0.494 e. The molecule has 59 heavy (non-hydrogen) atoms. The number of carbonyl (C=O) groups is 3. The third kappa shape index (κ3) is 7.31. The van der Waals surface area contributed by atoms with E-state index in [1.54, 1.807) is 56.5 Å². The number of fused-ring (bicyclic) bond motifs is 4. The van der Waals surface area contributed by atoms with E-state index in [9.17, 15) is 14.7 Å². The van der Waals surface area contributed by atoms with Gasteiger partial charge in [-0.3, -0.25) is 14.4 Å². The molecule has 12 nitrogen and oxygen atoms in total. The number of carboxylic acid groups (broad SMARTS) is 1. The number of carboxylic acids is 1. The predicted octanol–water partition coefficient (Wildman–Crippen LogP) is 10.4. The first-order chi connectivity index (χ1) is 27.7. The first kappa shape index (κ1) is 41.7. The molecule has 14 heteroatoms. The summed E-state index contributed by atoms with van der Waals surface area (Å²) in [5, 5.41) is 17.6. The van der Waals surface area contributed by atoms with Gasteiger partial charge in [0, 0.05) is 78.2 Å². The molecule has 4 heterocycles. The van der Waals surface area contributed by atoms with E-state index < -0.39 is 17.7 Å². The number of benzene rings is 3. The van der Waals surface area contributed by atoms with Gasteiger partial charge in [-0.05, 0) is 115 Å². The van der Waals surface area contributed by atoms with Crippen LogP contribution in [-0.4, -0.2) is 67.8 Å². The Bertz CT molecular complexity index is 2700. The average Bonchev–Trinajstić information content (AvgIpc) is 3.76. The molecule has 7 rings (SSSR count). The highest BCUT2D eigenvalue weighted by Crippen LogP contribution is 2.46. The van der Waals surface area contributed by atoms with Gasteiger partial charge in [0.15, 0.2) is 0 Å². The van der Waals surface area contributed by atoms with Gasteiger partial charge in [0.2, 0.25) is 0 Å². The largest absolute Gasteiger partial charge is 0.494 e. The Morgan fingerprint density at radius 3 is 2.27 bits per heavy atom. The summed E-state index contributed by atoms with van der Waals surface area (Å²) in [4.78, 5) is 44.5. The van der Waals surface area contributed by atoms with E-state index in [1.165, 1.54) is 11.1 Å². The van der Waals surface area contributed by atoms with Crippen LogP contribution in [0, 0.1) is 27.7 Å². The monoisotopic (exact) mass is 840 g/mol. The van der Waals surface area contributed by atoms with E-state index in [1.807, 2.05) is 63.7 Å². The lowest BCUT2D eigenvalue weighted by molar-refractivity contribution is 0.0588. The Morgan fingerprint density at radius 2 is 1.66 bits per heavy atom. The molecule has 1 unspecified atom stereocenters. The van der Waals surface area contributed by atoms with Crippen LogP contribution in [0.2, 0.25) is 10.0 Å². The fourth-order valence-corrected chi connectivity index (χ4v) is 8.81. The van der Waals surface area contributed by atoms with Crippen LogP contribution in [-0.2, 0) is 25.3 Å². The minimum absolute atomic E-state index is 0.0445. The smallest absolute Gasteiger partial charge is 0.414 e. The molecule has 6 aromatic rings. The first-order valence-corrected chi connectivity index (χ1v) is 20.4. The Balaban J connectivity index is 1.41. The summed E-state index contributed by atoms with van der Waals surface area (Å²) in [5.74, 6) is -0.669. The van der Waals surface area contributed by atoms with Gasteiger partial charge >= 0.3 is 12.1 Å². The normalized spacial score (nSPS) is 14.4. The number of anilines is 2. The number of ether oxygens (including phenoxy) is 2. The molecule has 2 amide bonds. The number of hydrogen-bond acceptors (Lipinski definition) is 6. The lowest BCUT2D eigenvalue weighted by Crippen LogP contribution is -2.43. The molecule has 0 aliphatic carbocycles. The van der Waals surface area contributed by atoms with Crippen molar-refractivity contribution >= 4 is 74.4 Å². The van der Waals surface area contributed by atoms with Crippen LogP contribution >= 0.6 is 23.2 Å². The van der Waals surface area contributed by atoms with E-state index >= 15 is 4.79 Å². The third-order valence-corrected chi connectivity index (χ3v) is 12.1. The van der Waals surface area contributed by atoms with E-state index in [2.05, 4.69) is 11.5 Å². The summed E-state index contributed by atoms with van der Waals surface area (Å²) in [6, 6.07) is 10.9. The average molecular weight is 842 g/mol. The van der Waals surface area contributed by atoms with Crippen LogP contribution in [0.25, 0.3) is 32.9 Å². The highest BCUT2D eigenvalue weighted by molar-refractivity contribution is 6.35. The van der Waals surface area contributed by atoms with Crippen molar-refractivity contribution in [2.75, 3.05) is 30.0 Å². The van der Waals surface area contributed by atoms with Crippen molar-refractivity contribution in [3.63, 3.8) is 0 Å². The van der Waals surface area contributed by atoms with Crippen molar-refractivity contribution in [1.82, 2.24) is 18.9 Å². The molecule has 0 radical (unpaired) electrons. The Morgan fingerprint density at radius 1 is 0.983 bits per heavy atom. The molecule has 1 aliphatic heterocycles. The molecule has 0 saturated carbocycles. The fraction of sp³-hybridized carbons (Fsp3) is 0.378. The zero-order valence-corrected chi connectivity index (χ0v) is 36.9. The Hall–Kier alpha value is -5.46. The van der Waals surface area contributed by atoms with Crippen molar-refractivity contribution in [3.8, 4) is 16.9 Å². The molecule has 0 spiro atoms. The maximum Gasteiger partial charge on any atom is 0.414 e. The Labute approximate surface area is 353 Å². The zero-order valence-electron chi connectivity index (χ0n) is 35.4. The van der Waals surface area contributed by atoms with Crippen molar-refractivity contribution in [3.05, 3.63) is 92.0 Å². The second-order valence-corrected chi connectivity index (χ2v) is 17.4. The number of nitrogens with zero attached hydrogens (tertiary/aromatic N) is 6. The lowest BCUT2D eigenvalue weighted by atomic mass is 9.98. The number of halogens is 2. The molecular weight excluding hydrogens is 791 g/mol. The van der Waals surface area contributed by atoms with Crippen molar-refractivity contribution in [2.24, 2.45) is 14.1 Å². The van der Waals surface area contributed by atoms with Gasteiger partial charge in [0.05, 0.1) is 39.6 Å². The number of aromatic nitrogens is 4. The van der Waals surface area contributed by atoms with Gasteiger partial charge in [-0.1, -0.05) is 29.3 Å². The molecule has 3 aromatic carbocycles. The van der Waals surface area contributed by atoms with Gasteiger partial charge in [-0.15, -0.1) is 0 Å². The van der Waals surface area contributed by atoms with E-state index in [0.29, 0.717) is 57.5 Å². The van der Waals surface area contributed by atoms with E-state index in [0.717, 1.165) is 55.9 Å². The number of rotatable bonds is 9. The summed E-state index contributed by atoms with van der Waals surface area (Å²) in [6.45, 7) is 15.9. The number of hydrogen-bond donors (Lipinski definition) is 1. The third-order valence-electron chi connectivity index (χ3n) is 11.2. The van der Waals surface area contributed by atoms with Gasteiger partial charge in [-0.2, -0.15) is 5.10 Å². The molecule has 0 bridgehead atoms. The minimum atomic E-state index is -1.13. The Kier molecular flexibility index (Phi) is 10.8. The second-order valence-electron chi connectivity index (χ2n) is 16.6. The number of carbonyl (C=O) groups excluding carboxylic acids is 2. The standard InChI is InChI=1S/C45H50Cl2N6O6/c1-23-17-29(18-24(2)38(23)47)58-16-12-13-30-31-14-15-34(46)37(36-26(4)48-51(11)27(36)5)40(31)53-25(3)21-52(42(54)41(30)53)35-20-28(50(10)44(57)59-45(6,7)8)19-32-33(43(55)56)22-49(9)39(32)35/h14-15,17-20,22,25H,12-13,16,21H2,1-11H3,(H,55,56). The van der Waals surface area contributed by atoms with Gasteiger partial charge in [-0.25, -0.2) is 9.59 Å². The van der Waals surface area contributed by atoms with Crippen LogP contribution in [0.5, 0.6) is 5.75 Å². The molecule has 310 valence electrons. The SMILES string of the molecule is Cc1cc(OCCCc2c3n(c4c(-c5c(C)nn(C)c5C)c(Cl)ccc24)C(C)CN(c2cc(N(C)C(=O)OC(C)(C)C)cc4c(C(=O)O)cn(C)c24)C3=O)cc(C)c1Cl. The summed E-state index contributed by atoms with van der Waals surface area (Å²) in [7, 11) is 5.23. The first-order valence-electron chi connectivity index (χ1n) is 19.6. The molecular formula is C45H50Cl2N6O6. The molecule has 1 atom stereocenters.